The summed E-state index contributed by atoms with van der Waals surface area (Å²) in [5.41, 5.74) is 6.59. The molecule has 1 aromatic carbocycles. The minimum Gasteiger partial charge on any atom is -0.306 e. The summed E-state index contributed by atoms with van der Waals surface area (Å²) in [6, 6.07) is 9.08. The molecule has 2 nitrogen and oxygen atoms in total. The number of pyridine rings is 1. The van der Waals surface area contributed by atoms with Crippen molar-refractivity contribution in [1.29, 1.82) is 0 Å². The van der Waals surface area contributed by atoms with Crippen LogP contribution in [-0.4, -0.2) is 4.98 Å². The molecule has 1 heterocycles. The van der Waals surface area contributed by atoms with Gasteiger partial charge in [-0.15, -0.1) is 0 Å². The van der Waals surface area contributed by atoms with Crippen LogP contribution in [0.3, 0.4) is 0 Å². The average Bonchev–Trinajstić information content (AvgIpc) is 2.37. The third kappa shape index (κ3) is 3.42. The second-order valence-electron chi connectivity index (χ2n) is 5.26. The molecule has 0 radical (unpaired) electrons. The quantitative estimate of drug-likeness (QED) is 0.896. The maximum absolute atomic E-state index is 4.13. The van der Waals surface area contributed by atoms with E-state index in [1.165, 1.54) is 27.8 Å². The second kappa shape index (κ2) is 5.98. The van der Waals surface area contributed by atoms with Gasteiger partial charge in [0, 0.05) is 25.0 Å². The van der Waals surface area contributed by atoms with Crippen molar-refractivity contribution in [2.45, 2.75) is 40.3 Å². The van der Waals surface area contributed by atoms with Crippen LogP contribution >= 0.6 is 0 Å². The van der Waals surface area contributed by atoms with E-state index in [1.54, 1.807) is 0 Å². The largest absolute Gasteiger partial charge is 0.306 e. The first-order valence-corrected chi connectivity index (χ1v) is 6.78. The molecule has 19 heavy (non-hydrogen) atoms. The minimum atomic E-state index is 0.355. The molecule has 0 aliphatic carbocycles. The Morgan fingerprint density at radius 1 is 1.11 bits per heavy atom. The molecule has 0 amide bonds. The number of hydrogen-bond acceptors (Lipinski definition) is 2. The van der Waals surface area contributed by atoms with Gasteiger partial charge in [-0.05, 0) is 56.0 Å². The highest BCUT2D eigenvalue weighted by molar-refractivity contribution is 5.32. The number of hydrogen-bond donors (Lipinski definition) is 1. The first-order valence-electron chi connectivity index (χ1n) is 6.78. The molecular formula is C17H22N2. The first-order chi connectivity index (χ1) is 9.08. The molecule has 0 aliphatic heterocycles. The van der Waals surface area contributed by atoms with Crippen molar-refractivity contribution < 1.29 is 0 Å². The van der Waals surface area contributed by atoms with E-state index < -0.39 is 0 Å². The lowest BCUT2D eigenvalue weighted by atomic mass is 10.00. The van der Waals surface area contributed by atoms with Gasteiger partial charge in [-0.25, -0.2) is 0 Å². The predicted molar refractivity (Wildman–Crippen MR) is 80.1 cm³/mol. The summed E-state index contributed by atoms with van der Waals surface area (Å²) in [4.78, 5) is 4.13. The van der Waals surface area contributed by atoms with E-state index in [-0.39, 0.29) is 0 Å². The smallest absolute Gasteiger partial charge is 0.0300 e. The standard InChI is InChI=1S/C17H22N2/c1-12-5-6-17(13(2)9-12)15(4)19-11-16-7-8-18-10-14(16)3/h5-10,15,19H,11H2,1-4H3. The molecule has 0 saturated heterocycles. The Kier molecular flexibility index (Phi) is 4.33. The molecule has 2 rings (SSSR count). The van der Waals surface area contributed by atoms with E-state index in [0.29, 0.717) is 6.04 Å². The number of nitrogens with one attached hydrogen (secondary N) is 1. The second-order valence-corrected chi connectivity index (χ2v) is 5.26. The normalized spacial score (nSPS) is 12.4. The SMILES string of the molecule is Cc1ccc(C(C)NCc2ccncc2C)c(C)c1. The van der Waals surface area contributed by atoms with E-state index >= 15 is 0 Å². The Bertz CT molecular complexity index is 561. The van der Waals surface area contributed by atoms with Crippen molar-refractivity contribution in [1.82, 2.24) is 10.3 Å². The summed E-state index contributed by atoms with van der Waals surface area (Å²) >= 11 is 0. The minimum absolute atomic E-state index is 0.355. The summed E-state index contributed by atoms with van der Waals surface area (Å²) in [6.07, 6.45) is 3.77. The Morgan fingerprint density at radius 3 is 2.58 bits per heavy atom. The number of aromatic nitrogens is 1. The summed E-state index contributed by atoms with van der Waals surface area (Å²) in [6.45, 7) is 9.51. The first kappa shape index (κ1) is 13.8. The predicted octanol–water partition coefficient (Wildman–Crippen LogP) is 3.86. The number of benzene rings is 1. The maximum Gasteiger partial charge on any atom is 0.0300 e. The Hall–Kier alpha value is -1.67. The van der Waals surface area contributed by atoms with E-state index in [1.807, 2.05) is 12.4 Å². The van der Waals surface area contributed by atoms with Gasteiger partial charge < -0.3 is 5.32 Å². The molecule has 2 aromatic rings. The van der Waals surface area contributed by atoms with E-state index in [0.717, 1.165) is 6.54 Å². The van der Waals surface area contributed by atoms with Gasteiger partial charge in [-0.2, -0.15) is 0 Å². The van der Waals surface area contributed by atoms with Crippen LogP contribution in [0.4, 0.5) is 0 Å². The number of aryl methyl sites for hydroxylation is 3. The van der Waals surface area contributed by atoms with Crippen molar-refractivity contribution in [3.05, 3.63) is 64.5 Å². The van der Waals surface area contributed by atoms with Crippen LogP contribution in [0.15, 0.2) is 36.7 Å². The van der Waals surface area contributed by atoms with Gasteiger partial charge in [0.15, 0.2) is 0 Å². The van der Waals surface area contributed by atoms with Crippen LogP contribution in [-0.2, 0) is 6.54 Å². The van der Waals surface area contributed by atoms with Gasteiger partial charge in [0.25, 0.3) is 0 Å². The average molecular weight is 254 g/mol. The van der Waals surface area contributed by atoms with Crippen molar-refractivity contribution >= 4 is 0 Å². The molecule has 0 aliphatic rings. The van der Waals surface area contributed by atoms with E-state index in [4.69, 9.17) is 0 Å². The van der Waals surface area contributed by atoms with Gasteiger partial charge in [0.1, 0.15) is 0 Å². The zero-order valence-electron chi connectivity index (χ0n) is 12.2. The number of nitrogens with zero attached hydrogens (tertiary/aromatic N) is 1. The fourth-order valence-electron chi connectivity index (χ4n) is 2.39. The fraction of sp³-hybridized carbons (Fsp3) is 0.353. The zero-order chi connectivity index (χ0) is 13.8. The van der Waals surface area contributed by atoms with E-state index in [2.05, 4.69) is 62.3 Å². The zero-order valence-corrected chi connectivity index (χ0v) is 12.2. The van der Waals surface area contributed by atoms with Crippen LogP contribution < -0.4 is 5.32 Å². The lowest BCUT2D eigenvalue weighted by Crippen LogP contribution is -2.19. The van der Waals surface area contributed by atoms with Crippen molar-refractivity contribution in [2.24, 2.45) is 0 Å². The highest BCUT2D eigenvalue weighted by atomic mass is 14.9. The lowest BCUT2D eigenvalue weighted by molar-refractivity contribution is 0.570. The number of rotatable bonds is 4. The molecule has 1 atom stereocenters. The lowest BCUT2D eigenvalue weighted by Gasteiger charge is -2.17. The van der Waals surface area contributed by atoms with Gasteiger partial charge in [-0.1, -0.05) is 23.8 Å². The van der Waals surface area contributed by atoms with Crippen molar-refractivity contribution in [2.75, 3.05) is 0 Å². The molecule has 0 bridgehead atoms. The summed E-state index contributed by atoms with van der Waals surface area (Å²) in [5, 5.41) is 3.59. The third-order valence-electron chi connectivity index (χ3n) is 3.63. The topological polar surface area (TPSA) is 24.9 Å². The van der Waals surface area contributed by atoms with Crippen molar-refractivity contribution in [3.63, 3.8) is 0 Å². The molecule has 1 aromatic heterocycles. The summed E-state index contributed by atoms with van der Waals surface area (Å²) in [5.74, 6) is 0. The molecule has 0 saturated carbocycles. The van der Waals surface area contributed by atoms with E-state index in [9.17, 15) is 0 Å². The molecule has 100 valence electrons. The van der Waals surface area contributed by atoms with Crippen molar-refractivity contribution in [3.8, 4) is 0 Å². The van der Waals surface area contributed by atoms with Gasteiger partial charge in [0.05, 0.1) is 0 Å². The van der Waals surface area contributed by atoms with Gasteiger partial charge >= 0.3 is 0 Å². The van der Waals surface area contributed by atoms with Gasteiger partial charge in [0.2, 0.25) is 0 Å². The molecule has 1 unspecified atom stereocenters. The highest BCUT2D eigenvalue weighted by Gasteiger charge is 2.08. The summed E-state index contributed by atoms with van der Waals surface area (Å²) < 4.78 is 0. The Balaban J connectivity index is 2.05. The van der Waals surface area contributed by atoms with Crippen LogP contribution in [0.25, 0.3) is 0 Å². The van der Waals surface area contributed by atoms with Crippen LogP contribution in [0, 0.1) is 20.8 Å². The highest BCUT2D eigenvalue weighted by Crippen LogP contribution is 2.19. The van der Waals surface area contributed by atoms with Gasteiger partial charge in [-0.3, -0.25) is 4.98 Å². The van der Waals surface area contributed by atoms with Crippen LogP contribution in [0.5, 0.6) is 0 Å². The molecule has 0 fully saturated rings. The monoisotopic (exact) mass is 254 g/mol. The van der Waals surface area contributed by atoms with Crippen LogP contribution in [0.1, 0.15) is 40.8 Å². The van der Waals surface area contributed by atoms with Crippen LogP contribution in [0.2, 0.25) is 0 Å². The molecule has 0 spiro atoms. The molecule has 2 heteroatoms. The maximum atomic E-state index is 4.13. The fourth-order valence-corrected chi connectivity index (χ4v) is 2.39. The Morgan fingerprint density at radius 2 is 1.89 bits per heavy atom. The molecule has 1 N–H and O–H groups in total. The molecular weight excluding hydrogens is 232 g/mol. The summed E-state index contributed by atoms with van der Waals surface area (Å²) in [7, 11) is 0. The Labute approximate surface area is 115 Å². The third-order valence-corrected chi connectivity index (χ3v) is 3.63.